The largest absolute Gasteiger partial charge is 0.332 e. The van der Waals surface area contributed by atoms with Crippen LogP contribution in [0.15, 0.2) is 24.3 Å². The van der Waals surface area contributed by atoms with Crippen molar-refractivity contribution in [2.45, 2.75) is 13.3 Å². The smallest absolute Gasteiger partial charge is 0.227 e. The van der Waals surface area contributed by atoms with Crippen molar-refractivity contribution < 1.29 is 4.79 Å². The molecule has 0 aliphatic rings. The fraction of sp³-hybridized carbons (Fsp3) is 0.308. The average molecular weight is 236 g/mol. The number of nitrogens with zero attached hydrogens (tertiary/aromatic N) is 1. The molecule has 0 spiro atoms. The highest BCUT2D eigenvalue weighted by Gasteiger charge is 2.12. The summed E-state index contributed by atoms with van der Waals surface area (Å²) in [5, 5.41) is 0.618. The Bertz CT molecular complexity index is 409. The number of benzene rings is 1. The molecule has 0 aliphatic heterocycles. The molecule has 0 N–H and O–H groups in total. The maximum Gasteiger partial charge on any atom is 0.227 e. The van der Waals surface area contributed by atoms with Crippen molar-refractivity contribution in [3.05, 3.63) is 34.9 Å². The Morgan fingerprint density at radius 1 is 1.50 bits per heavy atom. The van der Waals surface area contributed by atoms with Gasteiger partial charge in [-0.25, -0.2) is 0 Å². The van der Waals surface area contributed by atoms with Gasteiger partial charge in [0.15, 0.2) is 0 Å². The molecule has 2 nitrogen and oxygen atoms in total. The highest BCUT2D eigenvalue weighted by molar-refractivity contribution is 6.31. The Balaban J connectivity index is 2.71. The number of likely N-dealkylation sites (N-methyl/N-ethyl adjacent to an activating group) is 1. The fourth-order valence-corrected chi connectivity index (χ4v) is 1.61. The molecule has 0 bridgehead atoms. The third-order valence-electron chi connectivity index (χ3n) is 2.32. The van der Waals surface area contributed by atoms with Crippen molar-refractivity contribution in [3.8, 4) is 12.3 Å². The number of hydrogen-bond donors (Lipinski definition) is 0. The van der Waals surface area contributed by atoms with Gasteiger partial charge in [0.2, 0.25) is 5.91 Å². The van der Waals surface area contributed by atoms with E-state index in [1.165, 1.54) is 0 Å². The van der Waals surface area contributed by atoms with Gasteiger partial charge in [-0.2, -0.15) is 0 Å². The second-order valence-electron chi connectivity index (χ2n) is 3.38. The Kier molecular flexibility index (Phi) is 4.88. The van der Waals surface area contributed by atoms with E-state index in [1.54, 1.807) is 11.0 Å². The van der Waals surface area contributed by atoms with Crippen LogP contribution in [0, 0.1) is 12.3 Å². The Hall–Kier alpha value is -1.46. The normalized spacial score (nSPS) is 9.56. The zero-order valence-corrected chi connectivity index (χ0v) is 10.00. The first-order valence-corrected chi connectivity index (χ1v) is 5.51. The zero-order chi connectivity index (χ0) is 12.0. The molecule has 1 amide bonds. The average Bonchev–Trinajstić information content (AvgIpc) is 2.29. The van der Waals surface area contributed by atoms with Gasteiger partial charge in [0.1, 0.15) is 0 Å². The highest BCUT2D eigenvalue weighted by atomic mass is 35.5. The van der Waals surface area contributed by atoms with E-state index >= 15 is 0 Å². The lowest BCUT2D eigenvalue weighted by Crippen LogP contribution is -2.32. The molecule has 0 aromatic heterocycles. The maximum atomic E-state index is 11.9. The van der Waals surface area contributed by atoms with E-state index in [9.17, 15) is 4.79 Å². The van der Waals surface area contributed by atoms with E-state index in [1.807, 2.05) is 25.1 Å². The molecular formula is C13H14ClNO. The standard InChI is InChI=1S/C13H14ClNO/c1-3-9-15(4-2)13(16)10-11-7-5-6-8-12(11)14/h1,5-8H,4,9-10H2,2H3. The van der Waals surface area contributed by atoms with E-state index in [-0.39, 0.29) is 5.91 Å². The summed E-state index contributed by atoms with van der Waals surface area (Å²) in [4.78, 5) is 13.5. The second-order valence-corrected chi connectivity index (χ2v) is 3.79. The number of carbonyl (C=O) groups excluding carboxylic acids is 1. The number of carbonyl (C=O) groups is 1. The van der Waals surface area contributed by atoms with Crippen molar-refractivity contribution in [2.24, 2.45) is 0 Å². The molecule has 0 saturated carbocycles. The zero-order valence-electron chi connectivity index (χ0n) is 9.24. The van der Waals surface area contributed by atoms with Crippen LogP contribution in [0.5, 0.6) is 0 Å². The van der Waals surface area contributed by atoms with Crippen LogP contribution in [-0.4, -0.2) is 23.9 Å². The number of terminal acetylenes is 1. The van der Waals surface area contributed by atoms with Crippen molar-refractivity contribution in [1.29, 1.82) is 0 Å². The van der Waals surface area contributed by atoms with Gasteiger partial charge in [-0.3, -0.25) is 4.79 Å². The molecule has 3 heteroatoms. The lowest BCUT2D eigenvalue weighted by molar-refractivity contribution is -0.129. The molecule has 0 heterocycles. The molecule has 0 fully saturated rings. The summed E-state index contributed by atoms with van der Waals surface area (Å²) in [6.07, 6.45) is 5.50. The summed E-state index contributed by atoms with van der Waals surface area (Å²) in [6, 6.07) is 7.34. The van der Waals surface area contributed by atoms with E-state index in [0.717, 1.165) is 5.56 Å². The van der Waals surface area contributed by atoms with Gasteiger partial charge in [-0.05, 0) is 18.6 Å². The molecule has 1 aromatic carbocycles. The minimum Gasteiger partial charge on any atom is -0.332 e. The first-order valence-electron chi connectivity index (χ1n) is 5.13. The predicted octanol–water partition coefficient (Wildman–Crippen LogP) is 2.36. The van der Waals surface area contributed by atoms with Crippen molar-refractivity contribution >= 4 is 17.5 Å². The number of halogens is 1. The van der Waals surface area contributed by atoms with E-state index < -0.39 is 0 Å². The summed E-state index contributed by atoms with van der Waals surface area (Å²) in [6.45, 7) is 2.87. The molecule has 0 saturated heterocycles. The van der Waals surface area contributed by atoms with Crippen LogP contribution >= 0.6 is 11.6 Å². The lowest BCUT2D eigenvalue weighted by Gasteiger charge is -2.18. The minimum atomic E-state index is 0.00792. The van der Waals surface area contributed by atoms with Gasteiger partial charge in [-0.1, -0.05) is 35.7 Å². The van der Waals surface area contributed by atoms with Gasteiger partial charge in [0, 0.05) is 11.6 Å². The van der Waals surface area contributed by atoms with E-state index in [0.29, 0.717) is 24.5 Å². The van der Waals surface area contributed by atoms with Crippen LogP contribution in [0.3, 0.4) is 0 Å². The topological polar surface area (TPSA) is 20.3 Å². The summed E-state index contributed by atoms with van der Waals surface area (Å²) < 4.78 is 0. The molecule has 84 valence electrons. The maximum absolute atomic E-state index is 11.9. The van der Waals surface area contributed by atoms with Crippen LogP contribution in [0.1, 0.15) is 12.5 Å². The summed E-state index contributed by atoms with van der Waals surface area (Å²) >= 11 is 5.98. The van der Waals surface area contributed by atoms with E-state index in [2.05, 4.69) is 5.92 Å². The predicted molar refractivity (Wildman–Crippen MR) is 66.2 cm³/mol. The Morgan fingerprint density at radius 2 is 2.19 bits per heavy atom. The number of rotatable bonds is 4. The van der Waals surface area contributed by atoms with E-state index in [4.69, 9.17) is 18.0 Å². The molecule has 1 rings (SSSR count). The van der Waals surface area contributed by atoms with Crippen molar-refractivity contribution in [2.75, 3.05) is 13.1 Å². The highest BCUT2D eigenvalue weighted by Crippen LogP contribution is 2.16. The van der Waals surface area contributed by atoms with Crippen molar-refractivity contribution in [1.82, 2.24) is 4.90 Å². The van der Waals surface area contributed by atoms with Crippen LogP contribution in [0.4, 0.5) is 0 Å². The SMILES string of the molecule is C#CCN(CC)C(=O)Cc1ccccc1Cl. The molecule has 0 atom stereocenters. The number of amides is 1. The third-order valence-corrected chi connectivity index (χ3v) is 2.68. The Morgan fingerprint density at radius 3 is 2.75 bits per heavy atom. The monoisotopic (exact) mass is 235 g/mol. The molecule has 1 aromatic rings. The lowest BCUT2D eigenvalue weighted by atomic mass is 10.1. The quantitative estimate of drug-likeness (QED) is 0.734. The van der Waals surface area contributed by atoms with Gasteiger partial charge < -0.3 is 4.90 Å². The van der Waals surface area contributed by atoms with Gasteiger partial charge in [0.05, 0.1) is 13.0 Å². The number of hydrogen-bond acceptors (Lipinski definition) is 1. The molecular weight excluding hydrogens is 222 g/mol. The summed E-state index contributed by atoms with van der Waals surface area (Å²) in [7, 11) is 0. The fourth-order valence-electron chi connectivity index (χ4n) is 1.40. The first-order chi connectivity index (χ1) is 7.69. The molecule has 0 radical (unpaired) electrons. The first kappa shape index (κ1) is 12.6. The second kappa shape index (κ2) is 6.19. The van der Waals surface area contributed by atoms with Crippen molar-refractivity contribution in [3.63, 3.8) is 0 Å². The van der Waals surface area contributed by atoms with Gasteiger partial charge >= 0.3 is 0 Å². The van der Waals surface area contributed by atoms with Gasteiger partial charge in [0.25, 0.3) is 0 Å². The summed E-state index contributed by atoms with van der Waals surface area (Å²) in [5.74, 6) is 2.48. The van der Waals surface area contributed by atoms with Gasteiger partial charge in [-0.15, -0.1) is 6.42 Å². The third kappa shape index (κ3) is 3.29. The minimum absolute atomic E-state index is 0.00792. The summed E-state index contributed by atoms with van der Waals surface area (Å²) in [5.41, 5.74) is 0.838. The molecule has 0 aliphatic carbocycles. The van der Waals surface area contributed by atoms with Crippen LogP contribution < -0.4 is 0 Å². The van der Waals surface area contributed by atoms with Crippen LogP contribution in [0.25, 0.3) is 0 Å². The molecule has 0 unspecified atom stereocenters. The van der Waals surface area contributed by atoms with Crippen LogP contribution in [-0.2, 0) is 11.2 Å². The Labute approximate surface area is 101 Å². The van der Waals surface area contributed by atoms with Crippen LogP contribution in [0.2, 0.25) is 5.02 Å². The molecule has 16 heavy (non-hydrogen) atoms.